The molecule has 0 unspecified atom stereocenters. The zero-order chi connectivity index (χ0) is 22.7. The summed E-state index contributed by atoms with van der Waals surface area (Å²) in [6.07, 6.45) is 2.39. The largest absolute Gasteiger partial charge is 0.372 e. The molecule has 0 radical (unpaired) electrons. The van der Waals surface area contributed by atoms with Crippen molar-refractivity contribution < 1.29 is 13.2 Å². The first-order chi connectivity index (χ1) is 15.3. The normalized spacial score (nSPS) is 13.8. The topological polar surface area (TPSA) is 78.5 Å². The maximum atomic E-state index is 12.8. The molecule has 32 heavy (non-hydrogen) atoms. The maximum Gasteiger partial charge on any atom is 0.261 e. The molecule has 8 heteroatoms. The molecule has 1 heterocycles. The van der Waals surface area contributed by atoms with E-state index in [1.165, 1.54) is 43.2 Å². The number of rotatable bonds is 6. The predicted molar refractivity (Wildman–Crippen MR) is 129 cm³/mol. The smallest absolute Gasteiger partial charge is 0.261 e. The number of anilines is 3. The van der Waals surface area contributed by atoms with Gasteiger partial charge in [0.1, 0.15) is 0 Å². The Balaban J connectivity index is 1.49. The lowest BCUT2D eigenvalue weighted by Crippen LogP contribution is -2.18. The van der Waals surface area contributed by atoms with E-state index in [1.807, 2.05) is 31.2 Å². The van der Waals surface area contributed by atoms with Crippen molar-refractivity contribution in [3.63, 3.8) is 0 Å². The van der Waals surface area contributed by atoms with Gasteiger partial charge in [0.05, 0.1) is 15.5 Å². The van der Waals surface area contributed by atoms with E-state index in [-0.39, 0.29) is 21.2 Å². The minimum atomic E-state index is -3.79. The molecule has 1 aliphatic rings. The summed E-state index contributed by atoms with van der Waals surface area (Å²) < 4.78 is 27.8. The maximum absolute atomic E-state index is 12.8. The van der Waals surface area contributed by atoms with Gasteiger partial charge in [-0.3, -0.25) is 9.52 Å². The molecule has 1 amide bonds. The van der Waals surface area contributed by atoms with Crippen molar-refractivity contribution in [1.29, 1.82) is 0 Å². The van der Waals surface area contributed by atoms with Gasteiger partial charge < -0.3 is 10.2 Å². The van der Waals surface area contributed by atoms with Gasteiger partial charge in [-0.1, -0.05) is 29.3 Å². The number of benzene rings is 3. The summed E-state index contributed by atoms with van der Waals surface area (Å²) in [6.45, 7) is 3.98. The molecule has 0 aliphatic carbocycles. The monoisotopic (exact) mass is 469 g/mol. The van der Waals surface area contributed by atoms with Crippen LogP contribution in [0.3, 0.4) is 0 Å². The van der Waals surface area contributed by atoms with Crippen LogP contribution in [0, 0.1) is 6.92 Å². The lowest BCUT2D eigenvalue weighted by Gasteiger charge is -2.18. The van der Waals surface area contributed by atoms with Gasteiger partial charge >= 0.3 is 0 Å². The van der Waals surface area contributed by atoms with E-state index in [2.05, 4.69) is 14.9 Å². The second-order valence-corrected chi connectivity index (χ2v) is 9.90. The van der Waals surface area contributed by atoms with Crippen LogP contribution in [0.15, 0.2) is 71.6 Å². The van der Waals surface area contributed by atoms with Crippen LogP contribution in [-0.2, 0) is 10.0 Å². The van der Waals surface area contributed by atoms with E-state index in [0.29, 0.717) is 5.69 Å². The van der Waals surface area contributed by atoms with Gasteiger partial charge in [0.25, 0.3) is 15.9 Å². The Bertz CT molecular complexity index is 1220. The van der Waals surface area contributed by atoms with Crippen molar-refractivity contribution in [3.05, 3.63) is 82.9 Å². The molecule has 1 aliphatic heterocycles. The SMILES string of the molecule is Cc1ccc(S(=O)(=O)Nc2ccc(Cl)c(C(=O)Nc3ccc(N4CCCC4)cc3)c2)cc1. The molecule has 0 atom stereocenters. The number of hydrogen-bond acceptors (Lipinski definition) is 4. The minimum absolute atomic E-state index is 0.141. The van der Waals surface area contributed by atoms with Gasteiger partial charge in [-0.05, 0) is 74.4 Å². The molecule has 4 rings (SSSR count). The summed E-state index contributed by atoms with van der Waals surface area (Å²) in [6, 6.07) is 18.6. The van der Waals surface area contributed by atoms with Crippen molar-refractivity contribution in [3.8, 4) is 0 Å². The predicted octanol–water partition coefficient (Wildman–Crippen LogP) is 5.30. The molecular weight excluding hydrogens is 446 g/mol. The summed E-state index contributed by atoms with van der Waals surface area (Å²) in [7, 11) is -3.79. The Hall–Kier alpha value is -3.03. The Morgan fingerprint density at radius 1 is 0.906 bits per heavy atom. The van der Waals surface area contributed by atoms with E-state index in [4.69, 9.17) is 11.6 Å². The van der Waals surface area contributed by atoms with Crippen LogP contribution in [0.2, 0.25) is 5.02 Å². The van der Waals surface area contributed by atoms with E-state index in [1.54, 1.807) is 12.1 Å². The third-order valence-electron chi connectivity index (χ3n) is 5.39. The fraction of sp³-hybridized carbons (Fsp3) is 0.208. The van der Waals surface area contributed by atoms with Gasteiger partial charge in [0.15, 0.2) is 0 Å². The molecule has 0 spiro atoms. The second-order valence-electron chi connectivity index (χ2n) is 7.81. The van der Waals surface area contributed by atoms with E-state index < -0.39 is 15.9 Å². The zero-order valence-electron chi connectivity index (χ0n) is 17.6. The molecule has 3 aromatic carbocycles. The molecule has 1 saturated heterocycles. The lowest BCUT2D eigenvalue weighted by molar-refractivity contribution is 0.102. The van der Waals surface area contributed by atoms with Crippen molar-refractivity contribution >= 4 is 44.6 Å². The minimum Gasteiger partial charge on any atom is -0.372 e. The number of sulfonamides is 1. The zero-order valence-corrected chi connectivity index (χ0v) is 19.2. The van der Waals surface area contributed by atoms with Crippen LogP contribution in [0.25, 0.3) is 0 Å². The Morgan fingerprint density at radius 2 is 1.53 bits per heavy atom. The molecule has 1 fully saturated rings. The fourth-order valence-corrected chi connectivity index (χ4v) is 4.88. The van der Waals surface area contributed by atoms with Crippen LogP contribution >= 0.6 is 11.6 Å². The summed E-state index contributed by atoms with van der Waals surface area (Å²) in [5.41, 5.74) is 3.16. The second kappa shape index (κ2) is 9.22. The standard InChI is InChI=1S/C24H24ClN3O3S/c1-17-4-11-21(12-5-17)32(30,31)27-19-8-13-23(25)22(16-19)24(29)26-18-6-9-20(10-7-18)28-14-2-3-15-28/h4-13,16,27H,2-3,14-15H2,1H3,(H,26,29). The first kappa shape index (κ1) is 22.2. The number of hydrogen-bond donors (Lipinski definition) is 2. The molecule has 0 aromatic heterocycles. The third kappa shape index (κ3) is 5.06. The first-order valence-electron chi connectivity index (χ1n) is 10.4. The highest BCUT2D eigenvalue weighted by Gasteiger charge is 2.17. The van der Waals surface area contributed by atoms with Gasteiger partial charge in [-0.25, -0.2) is 8.42 Å². The molecule has 2 N–H and O–H groups in total. The molecule has 166 valence electrons. The van der Waals surface area contributed by atoms with Crippen LogP contribution in [0.5, 0.6) is 0 Å². The number of carbonyl (C=O) groups is 1. The highest BCUT2D eigenvalue weighted by atomic mass is 35.5. The van der Waals surface area contributed by atoms with E-state index in [9.17, 15) is 13.2 Å². The van der Waals surface area contributed by atoms with Crippen LogP contribution in [0.4, 0.5) is 17.1 Å². The Kier molecular flexibility index (Phi) is 6.39. The average Bonchev–Trinajstić information content (AvgIpc) is 3.31. The van der Waals surface area contributed by atoms with Crippen LogP contribution in [-0.4, -0.2) is 27.4 Å². The molecule has 3 aromatic rings. The van der Waals surface area contributed by atoms with Crippen molar-refractivity contribution in [2.45, 2.75) is 24.7 Å². The van der Waals surface area contributed by atoms with Crippen molar-refractivity contribution in [2.24, 2.45) is 0 Å². The van der Waals surface area contributed by atoms with Crippen molar-refractivity contribution in [1.82, 2.24) is 0 Å². The van der Waals surface area contributed by atoms with Crippen molar-refractivity contribution in [2.75, 3.05) is 28.0 Å². The Labute approximate surface area is 193 Å². The summed E-state index contributed by atoms with van der Waals surface area (Å²) >= 11 is 6.23. The fourth-order valence-electron chi connectivity index (χ4n) is 3.62. The molecule has 0 bridgehead atoms. The van der Waals surface area contributed by atoms with Crippen LogP contribution in [0.1, 0.15) is 28.8 Å². The quantitative estimate of drug-likeness (QED) is 0.513. The number of aryl methyl sites for hydroxylation is 1. The van der Waals surface area contributed by atoms with E-state index >= 15 is 0 Å². The number of amides is 1. The number of nitrogens with one attached hydrogen (secondary N) is 2. The van der Waals surface area contributed by atoms with Gasteiger partial charge in [0.2, 0.25) is 0 Å². The number of carbonyl (C=O) groups excluding carboxylic acids is 1. The Morgan fingerprint density at radius 3 is 2.19 bits per heavy atom. The third-order valence-corrected chi connectivity index (χ3v) is 7.12. The summed E-state index contributed by atoms with van der Waals surface area (Å²) in [4.78, 5) is 15.3. The molecule has 6 nitrogen and oxygen atoms in total. The molecule has 0 saturated carbocycles. The summed E-state index contributed by atoms with van der Waals surface area (Å²) in [5, 5.41) is 3.06. The van der Waals surface area contributed by atoms with Gasteiger partial charge in [-0.2, -0.15) is 0 Å². The lowest BCUT2D eigenvalue weighted by atomic mass is 10.2. The first-order valence-corrected chi connectivity index (χ1v) is 12.2. The van der Waals surface area contributed by atoms with E-state index in [0.717, 1.165) is 24.3 Å². The number of nitrogens with zero attached hydrogens (tertiary/aromatic N) is 1. The van der Waals surface area contributed by atoms with Gasteiger partial charge in [-0.15, -0.1) is 0 Å². The number of halogens is 1. The highest BCUT2D eigenvalue weighted by Crippen LogP contribution is 2.26. The highest BCUT2D eigenvalue weighted by molar-refractivity contribution is 7.92. The van der Waals surface area contributed by atoms with Gasteiger partial charge in [0, 0.05) is 30.2 Å². The molecular formula is C24H24ClN3O3S. The van der Waals surface area contributed by atoms with Crippen LogP contribution < -0.4 is 14.9 Å². The summed E-state index contributed by atoms with van der Waals surface area (Å²) in [5.74, 6) is -0.416. The average molecular weight is 470 g/mol.